The van der Waals surface area contributed by atoms with Crippen molar-refractivity contribution in [3.05, 3.63) is 23.9 Å². The molecule has 0 saturated carbocycles. The molecule has 0 unspecified atom stereocenters. The van der Waals surface area contributed by atoms with Gasteiger partial charge in [0.1, 0.15) is 5.82 Å². The number of aromatic nitrogens is 1. The summed E-state index contributed by atoms with van der Waals surface area (Å²) in [6.45, 7) is 6.58. The molecule has 1 atom stereocenters. The third-order valence-electron chi connectivity index (χ3n) is 3.58. The van der Waals surface area contributed by atoms with Crippen molar-refractivity contribution in [2.24, 2.45) is 0 Å². The topological polar surface area (TPSA) is 59.8 Å². The van der Waals surface area contributed by atoms with Crippen molar-refractivity contribution >= 4 is 5.82 Å². The lowest BCUT2D eigenvalue weighted by Crippen LogP contribution is -2.32. The van der Waals surface area contributed by atoms with Crippen molar-refractivity contribution in [1.82, 2.24) is 9.88 Å². The number of β-amino-alcohol motifs (C(OH)–C–C–N with tert-alkyl or cyclic N) is 1. The van der Waals surface area contributed by atoms with Crippen molar-refractivity contribution in [2.45, 2.75) is 19.4 Å². The van der Waals surface area contributed by atoms with Crippen molar-refractivity contribution in [1.29, 1.82) is 0 Å². The van der Waals surface area contributed by atoms with E-state index in [4.69, 9.17) is 5.11 Å². The van der Waals surface area contributed by atoms with Crippen LogP contribution in [-0.4, -0.2) is 59.4 Å². The highest BCUT2D eigenvalue weighted by atomic mass is 16.3. The third kappa shape index (κ3) is 3.89. The van der Waals surface area contributed by atoms with Gasteiger partial charge in [0.25, 0.3) is 0 Å². The van der Waals surface area contributed by atoms with Crippen molar-refractivity contribution in [3.63, 3.8) is 0 Å². The molecule has 1 saturated heterocycles. The lowest BCUT2D eigenvalue weighted by atomic mass is 10.1. The van der Waals surface area contributed by atoms with E-state index in [2.05, 4.69) is 14.8 Å². The zero-order chi connectivity index (χ0) is 13.7. The third-order valence-corrected chi connectivity index (χ3v) is 3.58. The molecule has 0 radical (unpaired) electrons. The smallest absolute Gasteiger partial charge is 0.128 e. The molecular formula is C14H23N3O2. The first-order valence-corrected chi connectivity index (χ1v) is 6.93. The predicted octanol–water partition coefficient (Wildman–Crippen LogP) is 0.639. The summed E-state index contributed by atoms with van der Waals surface area (Å²) < 4.78 is 0. The average molecular weight is 265 g/mol. The number of hydrogen-bond acceptors (Lipinski definition) is 5. The number of pyridine rings is 1. The molecule has 2 rings (SSSR count). The lowest BCUT2D eigenvalue weighted by molar-refractivity contribution is 0.199. The second kappa shape index (κ2) is 6.84. The van der Waals surface area contributed by atoms with Crippen LogP contribution in [0.25, 0.3) is 0 Å². The van der Waals surface area contributed by atoms with Crippen LogP contribution in [-0.2, 0) is 0 Å². The standard InChI is InChI=1S/C14H23N3O2/c1-12(19)13-3-4-15-14(11-13)17-6-2-5-16(7-8-17)9-10-18/h3-4,11-12,18-19H,2,5-10H2,1H3/t12-/m0/s1. The molecule has 1 fully saturated rings. The molecule has 0 aromatic carbocycles. The Hall–Kier alpha value is -1.17. The second-order valence-corrected chi connectivity index (χ2v) is 5.03. The molecule has 0 aliphatic carbocycles. The SMILES string of the molecule is C[C@H](O)c1ccnc(N2CCCN(CCO)CC2)c1. The van der Waals surface area contributed by atoms with Gasteiger partial charge in [-0.05, 0) is 37.6 Å². The van der Waals surface area contributed by atoms with Gasteiger partial charge >= 0.3 is 0 Å². The Labute approximate surface area is 114 Å². The quantitative estimate of drug-likeness (QED) is 0.836. The summed E-state index contributed by atoms with van der Waals surface area (Å²) >= 11 is 0. The molecule has 1 aromatic heterocycles. The van der Waals surface area contributed by atoms with Gasteiger partial charge in [0.05, 0.1) is 12.7 Å². The minimum absolute atomic E-state index is 0.218. The summed E-state index contributed by atoms with van der Waals surface area (Å²) in [5.41, 5.74) is 0.904. The van der Waals surface area contributed by atoms with E-state index in [1.807, 2.05) is 12.1 Å². The molecule has 0 amide bonds. The summed E-state index contributed by atoms with van der Waals surface area (Å²) in [6, 6.07) is 3.82. The van der Waals surface area contributed by atoms with Crippen LogP contribution < -0.4 is 4.90 Å². The number of aliphatic hydroxyl groups excluding tert-OH is 2. The molecular weight excluding hydrogens is 242 g/mol. The predicted molar refractivity (Wildman–Crippen MR) is 75.2 cm³/mol. The summed E-state index contributed by atoms with van der Waals surface area (Å²) in [7, 11) is 0. The lowest BCUT2D eigenvalue weighted by Gasteiger charge is -2.23. The van der Waals surface area contributed by atoms with Gasteiger partial charge in [-0.1, -0.05) is 0 Å². The van der Waals surface area contributed by atoms with E-state index in [9.17, 15) is 5.11 Å². The molecule has 0 bridgehead atoms. The van der Waals surface area contributed by atoms with Gasteiger partial charge in [0, 0.05) is 32.4 Å². The fraction of sp³-hybridized carbons (Fsp3) is 0.643. The summed E-state index contributed by atoms with van der Waals surface area (Å²) in [5.74, 6) is 0.934. The van der Waals surface area contributed by atoms with Gasteiger partial charge in [-0.2, -0.15) is 0 Å². The first-order chi connectivity index (χ1) is 9.20. The van der Waals surface area contributed by atoms with E-state index in [-0.39, 0.29) is 6.61 Å². The average Bonchev–Trinajstić information content (AvgIpc) is 2.65. The highest BCUT2D eigenvalue weighted by Gasteiger charge is 2.16. The molecule has 0 spiro atoms. The first kappa shape index (κ1) is 14.2. The fourth-order valence-corrected chi connectivity index (χ4v) is 2.43. The van der Waals surface area contributed by atoms with Gasteiger partial charge in [-0.25, -0.2) is 4.98 Å². The van der Waals surface area contributed by atoms with Crippen LogP contribution in [0.2, 0.25) is 0 Å². The van der Waals surface area contributed by atoms with Crippen LogP contribution in [0.15, 0.2) is 18.3 Å². The maximum absolute atomic E-state index is 9.63. The second-order valence-electron chi connectivity index (χ2n) is 5.03. The van der Waals surface area contributed by atoms with Gasteiger partial charge in [0.15, 0.2) is 0 Å². The highest BCUT2D eigenvalue weighted by molar-refractivity contribution is 5.41. The number of nitrogens with zero attached hydrogens (tertiary/aromatic N) is 3. The molecule has 1 aromatic rings. The van der Waals surface area contributed by atoms with E-state index < -0.39 is 6.10 Å². The Bertz CT molecular complexity index is 398. The summed E-state index contributed by atoms with van der Waals surface area (Å²) in [6.07, 6.45) is 2.37. The molecule has 5 heteroatoms. The maximum atomic E-state index is 9.63. The number of aliphatic hydroxyl groups is 2. The molecule has 5 nitrogen and oxygen atoms in total. The van der Waals surface area contributed by atoms with Crippen molar-refractivity contribution in [2.75, 3.05) is 44.2 Å². The molecule has 1 aliphatic rings. The normalized spacial score (nSPS) is 19.2. The highest BCUT2D eigenvalue weighted by Crippen LogP contribution is 2.19. The molecule has 1 aliphatic heterocycles. The van der Waals surface area contributed by atoms with Crippen molar-refractivity contribution < 1.29 is 10.2 Å². The summed E-state index contributed by atoms with van der Waals surface area (Å²) in [4.78, 5) is 8.93. The Balaban J connectivity index is 2.03. The fourth-order valence-electron chi connectivity index (χ4n) is 2.43. The number of rotatable bonds is 4. The van der Waals surface area contributed by atoms with Crippen molar-refractivity contribution in [3.8, 4) is 0 Å². The van der Waals surface area contributed by atoms with Gasteiger partial charge in [0.2, 0.25) is 0 Å². The molecule has 2 heterocycles. The first-order valence-electron chi connectivity index (χ1n) is 6.93. The van der Waals surface area contributed by atoms with Gasteiger partial charge in [-0.3, -0.25) is 4.90 Å². The zero-order valence-corrected chi connectivity index (χ0v) is 11.5. The van der Waals surface area contributed by atoms with Crippen LogP contribution in [0.1, 0.15) is 25.0 Å². The Morgan fingerprint density at radius 2 is 2.16 bits per heavy atom. The van der Waals surface area contributed by atoms with E-state index in [1.165, 1.54) is 0 Å². The Morgan fingerprint density at radius 1 is 1.32 bits per heavy atom. The van der Waals surface area contributed by atoms with Crippen LogP contribution in [0.4, 0.5) is 5.82 Å². The van der Waals surface area contributed by atoms with E-state index in [1.54, 1.807) is 13.1 Å². The minimum atomic E-state index is -0.459. The molecule has 2 N–H and O–H groups in total. The minimum Gasteiger partial charge on any atom is -0.395 e. The van der Waals surface area contributed by atoms with Gasteiger partial charge in [-0.15, -0.1) is 0 Å². The molecule has 106 valence electrons. The van der Waals surface area contributed by atoms with Crippen LogP contribution in [0, 0.1) is 0 Å². The largest absolute Gasteiger partial charge is 0.395 e. The summed E-state index contributed by atoms with van der Waals surface area (Å²) in [5, 5.41) is 18.6. The Kier molecular flexibility index (Phi) is 5.13. The van der Waals surface area contributed by atoms with E-state index >= 15 is 0 Å². The van der Waals surface area contributed by atoms with E-state index in [0.717, 1.165) is 50.5 Å². The van der Waals surface area contributed by atoms with Gasteiger partial charge < -0.3 is 15.1 Å². The van der Waals surface area contributed by atoms with Crippen LogP contribution in [0.5, 0.6) is 0 Å². The van der Waals surface area contributed by atoms with Crippen LogP contribution >= 0.6 is 0 Å². The molecule has 19 heavy (non-hydrogen) atoms. The maximum Gasteiger partial charge on any atom is 0.128 e. The van der Waals surface area contributed by atoms with E-state index in [0.29, 0.717) is 0 Å². The zero-order valence-electron chi connectivity index (χ0n) is 11.5. The number of hydrogen-bond donors (Lipinski definition) is 2. The monoisotopic (exact) mass is 265 g/mol. The number of anilines is 1. The van der Waals surface area contributed by atoms with Crippen LogP contribution in [0.3, 0.4) is 0 Å². The Morgan fingerprint density at radius 3 is 2.89 bits per heavy atom.